The van der Waals surface area contributed by atoms with E-state index >= 15 is 0 Å². The lowest BCUT2D eigenvalue weighted by Crippen LogP contribution is -2.40. The summed E-state index contributed by atoms with van der Waals surface area (Å²) >= 11 is 5.72. The van der Waals surface area contributed by atoms with Crippen LogP contribution in [-0.2, 0) is 13.1 Å². The Kier molecular flexibility index (Phi) is 6.18. The van der Waals surface area contributed by atoms with Crippen LogP contribution in [-0.4, -0.2) is 34.2 Å². The van der Waals surface area contributed by atoms with Crippen molar-refractivity contribution in [3.05, 3.63) is 64.9 Å². The highest BCUT2D eigenvalue weighted by atomic mass is 35.5. The lowest BCUT2D eigenvalue weighted by atomic mass is 10.2. The molecule has 0 saturated carbocycles. The summed E-state index contributed by atoms with van der Waals surface area (Å²) in [6, 6.07) is 12.9. The van der Waals surface area contributed by atoms with Gasteiger partial charge < -0.3 is 15.3 Å². The highest BCUT2D eigenvalue weighted by Gasteiger charge is 2.13. The molecule has 0 spiro atoms. The molecule has 0 unspecified atom stereocenters. The van der Waals surface area contributed by atoms with Crippen LogP contribution < -0.4 is 5.32 Å². The molecule has 0 atom stereocenters. The summed E-state index contributed by atoms with van der Waals surface area (Å²) in [4.78, 5) is 17.8. The molecule has 1 aromatic carbocycles. The maximum absolute atomic E-state index is 12.2. The quantitative estimate of drug-likeness (QED) is 0.804. The highest BCUT2D eigenvalue weighted by Crippen LogP contribution is 2.07. The molecule has 0 saturated heterocycles. The average Bonchev–Trinajstić information content (AvgIpc) is 2.54. The maximum atomic E-state index is 12.2. The number of amides is 2. The van der Waals surface area contributed by atoms with Gasteiger partial charge in [0.25, 0.3) is 0 Å². The Labute approximate surface area is 134 Å². The molecule has 22 heavy (non-hydrogen) atoms. The second kappa shape index (κ2) is 8.36. The number of urea groups is 1. The third-order valence-corrected chi connectivity index (χ3v) is 3.33. The number of benzene rings is 1. The molecule has 1 aromatic heterocycles. The largest absolute Gasteiger partial charge is 0.395 e. The minimum Gasteiger partial charge on any atom is -0.395 e. The molecule has 2 amide bonds. The first-order valence-corrected chi connectivity index (χ1v) is 7.35. The van der Waals surface area contributed by atoms with Gasteiger partial charge in [-0.25, -0.2) is 9.78 Å². The van der Waals surface area contributed by atoms with Crippen molar-refractivity contribution in [2.45, 2.75) is 13.1 Å². The van der Waals surface area contributed by atoms with E-state index in [1.165, 1.54) is 0 Å². The van der Waals surface area contributed by atoms with Gasteiger partial charge in [0.05, 0.1) is 6.61 Å². The van der Waals surface area contributed by atoms with Crippen LogP contribution in [0.15, 0.2) is 48.7 Å². The minimum atomic E-state index is -0.229. The molecule has 1 heterocycles. The number of aromatic nitrogens is 1. The number of halogens is 1. The van der Waals surface area contributed by atoms with Gasteiger partial charge in [-0.15, -0.1) is 0 Å². The SMILES string of the molecule is O=C(NCc1ccc(Cl)nc1)N(CCO)Cc1ccccc1. The van der Waals surface area contributed by atoms with Crippen LogP contribution in [0.5, 0.6) is 0 Å². The molecule has 116 valence electrons. The predicted octanol–water partition coefficient (Wildman–Crippen LogP) is 2.44. The van der Waals surface area contributed by atoms with E-state index in [1.54, 1.807) is 17.2 Å². The summed E-state index contributed by atoms with van der Waals surface area (Å²) in [6.45, 7) is 1.01. The van der Waals surface area contributed by atoms with E-state index in [9.17, 15) is 4.79 Å². The van der Waals surface area contributed by atoms with Crippen LogP contribution in [0.3, 0.4) is 0 Å². The molecule has 0 radical (unpaired) electrons. The molecule has 5 nitrogen and oxygen atoms in total. The molecule has 0 aliphatic carbocycles. The first-order valence-electron chi connectivity index (χ1n) is 6.97. The van der Waals surface area contributed by atoms with Crippen LogP contribution in [0.4, 0.5) is 4.79 Å². The Morgan fingerprint density at radius 3 is 2.59 bits per heavy atom. The summed E-state index contributed by atoms with van der Waals surface area (Å²) < 4.78 is 0. The average molecular weight is 320 g/mol. The highest BCUT2D eigenvalue weighted by molar-refractivity contribution is 6.29. The van der Waals surface area contributed by atoms with Gasteiger partial charge in [-0.05, 0) is 17.2 Å². The number of pyridine rings is 1. The van der Waals surface area contributed by atoms with Crippen molar-refractivity contribution in [2.75, 3.05) is 13.2 Å². The van der Waals surface area contributed by atoms with Crippen LogP contribution in [0.2, 0.25) is 5.15 Å². The van der Waals surface area contributed by atoms with Crippen molar-refractivity contribution >= 4 is 17.6 Å². The zero-order valence-corrected chi connectivity index (χ0v) is 12.8. The van der Waals surface area contributed by atoms with Crippen LogP contribution in [0.1, 0.15) is 11.1 Å². The predicted molar refractivity (Wildman–Crippen MR) is 85.4 cm³/mol. The third-order valence-electron chi connectivity index (χ3n) is 3.11. The number of hydrogen-bond donors (Lipinski definition) is 2. The molecule has 2 rings (SSSR count). The molecular formula is C16H18ClN3O2. The topological polar surface area (TPSA) is 65.5 Å². The monoisotopic (exact) mass is 319 g/mol. The van der Waals surface area contributed by atoms with E-state index < -0.39 is 0 Å². The number of nitrogens with one attached hydrogen (secondary N) is 1. The molecular weight excluding hydrogens is 302 g/mol. The number of aliphatic hydroxyl groups is 1. The van der Waals surface area contributed by atoms with Crippen molar-refractivity contribution in [1.82, 2.24) is 15.2 Å². The van der Waals surface area contributed by atoms with Crippen LogP contribution >= 0.6 is 11.6 Å². The first kappa shape index (κ1) is 16.3. The van der Waals surface area contributed by atoms with Gasteiger partial charge in [0.1, 0.15) is 5.15 Å². The number of hydrogen-bond acceptors (Lipinski definition) is 3. The zero-order chi connectivity index (χ0) is 15.8. The third kappa shape index (κ3) is 5.02. The summed E-state index contributed by atoms with van der Waals surface area (Å²) in [5, 5.41) is 12.4. The van der Waals surface area contributed by atoms with E-state index in [2.05, 4.69) is 10.3 Å². The standard InChI is InChI=1S/C16H18ClN3O2/c17-15-7-6-14(10-18-15)11-19-16(22)20(8-9-21)12-13-4-2-1-3-5-13/h1-7,10,21H,8-9,11-12H2,(H,19,22). The Morgan fingerprint density at radius 2 is 1.95 bits per heavy atom. The Hall–Kier alpha value is -2.11. The van der Waals surface area contributed by atoms with E-state index in [0.717, 1.165) is 11.1 Å². The van der Waals surface area contributed by atoms with Gasteiger partial charge in [0, 0.05) is 25.8 Å². The fourth-order valence-corrected chi connectivity index (χ4v) is 2.09. The lowest BCUT2D eigenvalue weighted by molar-refractivity contribution is 0.173. The van der Waals surface area contributed by atoms with E-state index in [0.29, 0.717) is 18.2 Å². The number of nitrogens with zero attached hydrogens (tertiary/aromatic N) is 2. The van der Waals surface area contributed by atoms with E-state index in [-0.39, 0.29) is 19.2 Å². The fourth-order valence-electron chi connectivity index (χ4n) is 1.98. The molecule has 0 aliphatic rings. The summed E-state index contributed by atoms with van der Waals surface area (Å²) in [6.07, 6.45) is 1.62. The van der Waals surface area contributed by atoms with E-state index in [1.807, 2.05) is 36.4 Å². The van der Waals surface area contributed by atoms with Crippen molar-refractivity contribution in [3.8, 4) is 0 Å². The molecule has 2 N–H and O–H groups in total. The molecule has 0 fully saturated rings. The first-order chi connectivity index (χ1) is 10.7. The second-order valence-corrected chi connectivity index (χ2v) is 5.17. The molecule has 2 aromatic rings. The summed E-state index contributed by atoms with van der Waals surface area (Å²) in [7, 11) is 0. The number of rotatable bonds is 6. The van der Waals surface area contributed by atoms with Crippen molar-refractivity contribution in [3.63, 3.8) is 0 Å². The number of aliphatic hydroxyl groups excluding tert-OH is 1. The van der Waals surface area contributed by atoms with Crippen molar-refractivity contribution < 1.29 is 9.90 Å². The number of carbonyl (C=O) groups excluding carboxylic acids is 1. The maximum Gasteiger partial charge on any atom is 0.318 e. The van der Waals surface area contributed by atoms with E-state index in [4.69, 9.17) is 16.7 Å². The van der Waals surface area contributed by atoms with Gasteiger partial charge in [-0.3, -0.25) is 0 Å². The van der Waals surface area contributed by atoms with Gasteiger partial charge in [0.2, 0.25) is 0 Å². The summed E-state index contributed by atoms with van der Waals surface area (Å²) in [5.74, 6) is 0. The Morgan fingerprint density at radius 1 is 1.18 bits per heavy atom. The van der Waals surface area contributed by atoms with Crippen LogP contribution in [0.25, 0.3) is 0 Å². The molecule has 6 heteroatoms. The molecule has 0 bridgehead atoms. The normalized spacial score (nSPS) is 10.3. The number of carbonyl (C=O) groups is 1. The van der Waals surface area contributed by atoms with Crippen molar-refractivity contribution in [2.24, 2.45) is 0 Å². The van der Waals surface area contributed by atoms with Gasteiger partial charge >= 0.3 is 6.03 Å². The Bertz CT molecular complexity index is 590. The van der Waals surface area contributed by atoms with Gasteiger partial charge in [-0.2, -0.15) is 0 Å². The smallest absolute Gasteiger partial charge is 0.318 e. The fraction of sp³-hybridized carbons (Fsp3) is 0.250. The van der Waals surface area contributed by atoms with Crippen molar-refractivity contribution in [1.29, 1.82) is 0 Å². The summed E-state index contributed by atoms with van der Waals surface area (Å²) in [5.41, 5.74) is 1.88. The second-order valence-electron chi connectivity index (χ2n) is 4.78. The lowest BCUT2D eigenvalue weighted by Gasteiger charge is -2.22. The van der Waals surface area contributed by atoms with Gasteiger partial charge in [0.15, 0.2) is 0 Å². The zero-order valence-electron chi connectivity index (χ0n) is 12.1. The van der Waals surface area contributed by atoms with Gasteiger partial charge in [-0.1, -0.05) is 48.0 Å². The van der Waals surface area contributed by atoms with Crippen LogP contribution in [0, 0.1) is 0 Å². The Balaban J connectivity index is 1.93. The molecule has 0 aliphatic heterocycles. The minimum absolute atomic E-state index is 0.0806.